The van der Waals surface area contributed by atoms with Crippen LogP contribution in [0.15, 0.2) is 0 Å². The van der Waals surface area contributed by atoms with Crippen molar-refractivity contribution in [1.82, 2.24) is 0 Å². The molecule has 0 saturated heterocycles. The van der Waals surface area contributed by atoms with Crippen LogP contribution in [0.4, 0.5) is 96.6 Å². The molecule has 0 radical (unpaired) electrons. The Morgan fingerprint density at radius 2 is 0.649 bits per heavy atom. The fourth-order valence-electron chi connectivity index (χ4n) is 1.90. The molecule has 0 aromatic rings. The van der Waals surface area contributed by atoms with Gasteiger partial charge in [-0.15, -0.1) is 0 Å². The molecule has 0 fully saturated rings. The maximum absolute atomic E-state index is 13.4. The molecule has 0 aliphatic rings. The summed E-state index contributed by atoms with van der Waals surface area (Å²) in [4.78, 5) is 0. The minimum Gasteiger partial charge on any atom is -0.281 e. The predicted octanol–water partition coefficient (Wildman–Crippen LogP) is 6.45. The zero-order valence-corrected chi connectivity index (χ0v) is 16.4. The third kappa shape index (κ3) is 4.31. The minimum atomic E-state index is -9.42. The summed E-state index contributed by atoms with van der Waals surface area (Å²) < 4.78 is 314. The SMILES string of the molecule is O=S(=O)(O)C(F)(F)C(F)(F)C(F)(F)C(F)(F)C(F)(F)C(F)(F)C(F)(F)C(F)(F)C(F)(F)C(F)C(F)(F)F. The van der Waals surface area contributed by atoms with E-state index in [2.05, 4.69) is 0 Å². The molecule has 0 rings (SSSR count). The lowest BCUT2D eigenvalue weighted by atomic mass is 9.86. The molecule has 0 bridgehead atoms. The molecule has 1 unspecified atom stereocenters. The van der Waals surface area contributed by atoms with Crippen LogP contribution in [0.5, 0.6) is 0 Å². The van der Waals surface area contributed by atoms with E-state index >= 15 is 0 Å². The first-order valence-corrected chi connectivity index (χ1v) is 8.92. The highest BCUT2D eigenvalue weighted by atomic mass is 32.2. The zero-order valence-electron chi connectivity index (χ0n) is 15.6. The molecule has 0 aliphatic carbocycles. The molecule has 224 valence electrons. The van der Waals surface area contributed by atoms with Gasteiger partial charge in [-0.2, -0.15) is 101 Å². The molecule has 1 atom stereocenters. The van der Waals surface area contributed by atoms with Crippen molar-refractivity contribution in [3.63, 3.8) is 0 Å². The summed E-state index contributed by atoms with van der Waals surface area (Å²) in [6.45, 7) is 0. The topological polar surface area (TPSA) is 54.4 Å². The van der Waals surface area contributed by atoms with Crippen LogP contribution in [0.1, 0.15) is 0 Å². The Kier molecular flexibility index (Phi) is 8.06. The van der Waals surface area contributed by atoms with Crippen LogP contribution in [0.2, 0.25) is 0 Å². The summed E-state index contributed by atoms with van der Waals surface area (Å²) in [6, 6.07) is 0. The van der Waals surface area contributed by atoms with Gasteiger partial charge < -0.3 is 0 Å². The van der Waals surface area contributed by atoms with E-state index < -0.39 is 75.1 Å². The monoisotopic (exact) mass is 632 g/mol. The van der Waals surface area contributed by atoms with Crippen LogP contribution in [0.25, 0.3) is 0 Å². The average molecular weight is 632 g/mol. The van der Waals surface area contributed by atoms with E-state index in [1.165, 1.54) is 0 Å². The van der Waals surface area contributed by atoms with Crippen molar-refractivity contribution in [2.45, 2.75) is 65.0 Å². The largest absolute Gasteiger partial charge is 0.438 e. The summed E-state index contributed by atoms with van der Waals surface area (Å²) >= 11 is 0. The van der Waals surface area contributed by atoms with Crippen LogP contribution in [0.3, 0.4) is 0 Å². The Labute approximate surface area is 186 Å². The number of rotatable bonds is 10. The highest BCUT2D eigenvalue weighted by molar-refractivity contribution is 7.87. The van der Waals surface area contributed by atoms with E-state index in [0.717, 1.165) is 0 Å². The first-order chi connectivity index (χ1) is 15.4. The van der Waals surface area contributed by atoms with E-state index in [0.29, 0.717) is 0 Å². The van der Waals surface area contributed by atoms with Gasteiger partial charge in [0.2, 0.25) is 0 Å². The van der Waals surface area contributed by atoms with Gasteiger partial charge in [0.05, 0.1) is 0 Å². The predicted molar refractivity (Wildman–Crippen MR) is 67.0 cm³/mol. The maximum atomic E-state index is 13.4. The number of alkyl halides is 22. The lowest BCUT2D eigenvalue weighted by Crippen LogP contribution is -2.77. The van der Waals surface area contributed by atoms with Crippen molar-refractivity contribution in [1.29, 1.82) is 0 Å². The third-order valence-electron chi connectivity index (χ3n) is 4.08. The van der Waals surface area contributed by atoms with E-state index in [1.807, 2.05) is 0 Å². The van der Waals surface area contributed by atoms with Crippen LogP contribution >= 0.6 is 0 Å². The Balaban J connectivity index is 7.22. The van der Waals surface area contributed by atoms with Crippen molar-refractivity contribution in [2.24, 2.45) is 0 Å². The first-order valence-electron chi connectivity index (χ1n) is 7.48. The van der Waals surface area contributed by atoms with Gasteiger partial charge in [-0.05, 0) is 0 Å². The lowest BCUT2D eigenvalue weighted by molar-refractivity contribution is -0.463. The molecular formula is C11H2F22O3S. The summed E-state index contributed by atoms with van der Waals surface area (Å²) in [5, 5.41) is -8.09. The van der Waals surface area contributed by atoms with Crippen LogP contribution in [0, 0.1) is 0 Å². The first kappa shape index (κ1) is 35.4. The fraction of sp³-hybridized carbons (Fsp3) is 1.00. The van der Waals surface area contributed by atoms with Gasteiger partial charge in [0.15, 0.2) is 0 Å². The van der Waals surface area contributed by atoms with E-state index in [4.69, 9.17) is 4.55 Å². The van der Waals surface area contributed by atoms with Crippen LogP contribution < -0.4 is 0 Å². The molecule has 3 nitrogen and oxygen atoms in total. The van der Waals surface area contributed by atoms with Gasteiger partial charge in [0.1, 0.15) is 0 Å². The lowest BCUT2D eigenvalue weighted by Gasteiger charge is -2.44. The minimum absolute atomic E-state index is 6.70. The second-order valence-corrected chi connectivity index (χ2v) is 8.00. The molecule has 0 saturated carbocycles. The summed E-state index contributed by atoms with van der Waals surface area (Å²) in [5.74, 6) is -72.6. The molecule has 37 heavy (non-hydrogen) atoms. The van der Waals surface area contributed by atoms with Crippen molar-refractivity contribution in [2.75, 3.05) is 0 Å². The van der Waals surface area contributed by atoms with Gasteiger partial charge in [0, 0.05) is 0 Å². The molecule has 0 heterocycles. The van der Waals surface area contributed by atoms with E-state index in [1.54, 1.807) is 0 Å². The Morgan fingerprint density at radius 3 is 0.865 bits per heavy atom. The third-order valence-corrected chi connectivity index (χ3v) is 4.98. The quantitative estimate of drug-likeness (QED) is 0.223. The highest BCUT2D eigenvalue weighted by Gasteiger charge is 2.97. The van der Waals surface area contributed by atoms with Gasteiger partial charge >= 0.3 is 68.9 Å². The molecular weight excluding hydrogens is 630 g/mol. The van der Waals surface area contributed by atoms with Crippen molar-refractivity contribution in [3.8, 4) is 0 Å². The van der Waals surface area contributed by atoms with Crippen LogP contribution in [-0.2, 0) is 10.1 Å². The van der Waals surface area contributed by atoms with Crippen molar-refractivity contribution < 1.29 is 110 Å². The highest BCUT2D eigenvalue weighted by Crippen LogP contribution is 2.66. The van der Waals surface area contributed by atoms with Crippen molar-refractivity contribution in [3.05, 3.63) is 0 Å². The molecule has 0 amide bonds. The van der Waals surface area contributed by atoms with Gasteiger partial charge in [-0.25, -0.2) is 4.39 Å². The van der Waals surface area contributed by atoms with E-state index in [9.17, 15) is 105 Å². The zero-order chi connectivity index (χ0) is 31.1. The standard InChI is InChI=1S/C11H2F22O3S/c12-1(3(15,16)17)2(13,14)4(18,19)5(20,21)6(22,23)7(24,25)8(26,27)9(28,29)10(30,31)11(32,33)37(34,35)36/h1H,(H,34,35,36). The Morgan fingerprint density at radius 1 is 0.432 bits per heavy atom. The van der Waals surface area contributed by atoms with Gasteiger partial charge in [-0.3, -0.25) is 4.55 Å². The summed E-state index contributed by atoms with van der Waals surface area (Å²) in [5.41, 5.74) is 0. The van der Waals surface area contributed by atoms with Gasteiger partial charge in [-0.1, -0.05) is 0 Å². The van der Waals surface area contributed by atoms with Crippen molar-refractivity contribution >= 4 is 10.1 Å². The molecule has 26 heteroatoms. The molecule has 0 aromatic carbocycles. The molecule has 0 aliphatic heterocycles. The summed E-state index contributed by atoms with van der Waals surface area (Å²) in [7, 11) is -8.12. The van der Waals surface area contributed by atoms with Crippen LogP contribution in [-0.4, -0.2) is 78.0 Å². The molecule has 0 aromatic heterocycles. The summed E-state index contributed by atoms with van der Waals surface area (Å²) in [6.07, 6.45) is -14.1. The van der Waals surface area contributed by atoms with E-state index in [-0.39, 0.29) is 0 Å². The normalized spacial score (nSPS) is 17.7. The van der Waals surface area contributed by atoms with Gasteiger partial charge in [0.25, 0.3) is 6.17 Å². The Hall–Kier alpha value is -1.63. The second-order valence-electron chi connectivity index (χ2n) is 6.54. The number of hydrogen-bond acceptors (Lipinski definition) is 2. The fourth-order valence-corrected chi connectivity index (χ4v) is 2.36. The molecule has 1 N–H and O–H groups in total. The average Bonchev–Trinajstić information content (AvgIpc) is 2.64. The molecule has 0 spiro atoms. The second kappa shape index (κ2) is 8.43. The maximum Gasteiger partial charge on any atom is 0.438 e. The number of hydrogen-bond donors (Lipinski definition) is 1. The Bertz CT molecular complexity index is 961. The number of halogens is 22. The smallest absolute Gasteiger partial charge is 0.281 e.